The average molecular weight is 967 g/mol. The van der Waals surface area contributed by atoms with Crippen molar-refractivity contribution < 1.29 is 80.4 Å². The quantitative estimate of drug-likeness (QED) is 0.0243. The number of ether oxygens (including phenoxy) is 6. The first kappa shape index (κ1) is 55.5. The van der Waals surface area contributed by atoms with E-state index in [4.69, 9.17) is 56.7 Å². The highest BCUT2D eigenvalue weighted by atomic mass is 35.5. The van der Waals surface area contributed by atoms with Gasteiger partial charge in [0.25, 0.3) is 10.1 Å². The lowest BCUT2D eigenvalue weighted by Crippen LogP contribution is -2.41. The van der Waals surface area contributed by atoms with Crippen molar-refractivity contribution in [2.75, 3.05) is 72.6 Å². The van der Waals surface area contributed by atoms with E-state index in [9.17, 15) is 46.8 Å². The van der Waals surface area contributed by atoms with Crippen molar-refractivity contribution in [2.24, 2.45) is 0 Å². The SMILES string of the molecule is O=C(CC[C@H](NC(=O)CCCCCCCCCCOc1ccc(C(=O)O)cc1)C(=O)O)NCCOCCOCC(=O)NCCOCCOCC(=O)Oc1c(Cl)cc(Cl)cc1S(=O)(=O)O. The largest absolute Gasteiger partial charge is 0.494 e. The van der Waals surface area contributed by atoms with Crippen molar-refractivity contribution in [3.05, 3.63) is 52.0 Å². The normalized spacial score (nSPS) is 11.7. The van der Waals surface area contributed by atoms with Crippen LogP contribution in [0.2, 0.25) is 10.0 Å². The second-order valence-electron chi connectivity index (χ2n) is 13.9. The second kappa shape index (κ2) is 32.1. The molecule has 0 radical (unpaired) electrons. The highest BCUT2D eigenvalue weighted by Crippen LogP contribution is 2.35. The van der Waals surface area contributed by atoms with Crippen molar-refractivity contribution in [1.82, 2.24) is 16.0 Å². The van der Waals surface area contributed by atoms with Crippen molar-refractivity contribution in [3.63, 3.8) is 0 Å². The van der Waals surface area contributed by atoms with Gasteiger partial charge >= 0.3 is 17.9 Å². The Hall–Kier alpha value is -4.61. The molecule has 23 heteroatoms. The molecule has 0 aliphatic rings. The van der Waals surface area contributed by atoms with Crippen LogP contribution in [0.25, 0.3) is 0 Å². The first-order chi connectivity index (χ1) is 30.6. The summed E-state index contributed by atoms with van der Waals surface area (Å²) >= 11 is 11.6. The Morgan fingerprint density at radius 1 is 0.641 bits per heavy atom. The zero-order valence-corrected chi connectivity index (χ0v) is 37.6. The van der Waals surface area contributed by atoms with Crippen LogP contribution >= 0.6 is 23.2 Å². The van der Waals surface area contributed by atoms with Gasteiger partial charge in [-0.2, -0.15) is 8.42 Å². The first-order valence-corrected chi connectivity index (χ1v) is 22.8. The molecule has 0 saturated carbocycles. The number of benzene rings is 2. The van der Waals surface area contributed by atoms with Crippen molar-refractivity contribution >= 4 is 68.9 Å². The van der Waals surface area contributed by atoms with Gasteiger partial charge in [0.2, 0.25) is 17.7 Å². The van der Waals surface area contributed by atoms with Crippen molar-refractivity contribution in [3.8, 4) is 11.5 Å². The van der Waals surface area contributed by atoms with Gasteiger partial charge in [-0.15, -0.1) is 0 Å². The molecule has 3 amide bonds. The van der Waals surface area contributed by atoms with Crippen molar-refractivity contribution in [2.45, 2.75) is 81.6 Å². The molecule has 20 nitrogen and oxygen atoms in total. The summed E-state index contributed by atoms with van der Waals surface area (Å²) in [5.41, 5.74) is 0.214. The second-order valence-corrected chi connectivity index (χ2v) is 16.2. The summed E-state index contributed by atoms with van der Waals surface area (Å²) in [6, 6.07) is 7.12. The summed E-state index contributed by atoms with van der Waals surface area (Å²) in [5, 5.41) is 25.7. The number of rotatable bonds is 36. The minimum absolute atomic E-state index is 0.0386. The van der Waals surface area contributed by atoms with Crippen LogP contribution in [-0.4, -0.2) is 137 Å². The molecular weight excluding hydrogens is 909 g/mol. The standard InChI is InChI=1S/C41H57Cl2N3O17S/c42-30-25-32(43)39(34(26-30)64(55,56)57)63-38(50)28-61-24-22-59-20-17-45-37(49)27-60-23-21-58-19-16-44-35(47)15-14-33(41(53)54)46-36(48)9-7-5-3-1-2-4-6-8-18-62-31-12-10-29(11-13-31)40(51)52/h10-13,25-26,33H,1-9,14-24,27-28H2,(H,44,47)(H,45,49)(H,46,48)(H,51,52)(H,53,54)(H,55,56,57)/t33-/m0/s1. The van der Waals surface area contributed by atoms with E-state index in [1.165, 1.54) is 12.1 Å². The lowest BCUT2D eigenvalue weighted by molar-refractivity contribution is -0.142. The zero-order valence-electron chi connectivity index (χ0n) is 35.3. The number of halogens is 2. The number of amides is 3. The summed E-state index contributed by atoms with van der Waals surface area (Å²) in [5.74, 6) is -4.32. The molecule has 2 rings (SSSR count). The number of aliphatic carboxylic acids is 1. The summed E-state index contributed by atoms with van der Waals surface area (Å²) in [7, 11) is -4.79. The minimum Gasteiger partial charge on any atom is -0.494 e. The van der Waals surface area contributed by atoms with Gasteiger partial charge in [-0.25, -0.2) is 14.4 Å². The summed E-state index contributed by atoms with van der Waals surface area (Å²) < 4.78 is 64.0. The van der Waals surface area contributed by atoms with E-state index < -0.39 is 63.1 Å². The number of carboxylic acids is 2. The predicted molar refractivity (Wildman–Crippen MR) is 230 cm³/mol. The molecule has 0 bridgehead atoms. The van der Waals surface area contributed by atoms with Crippen LogP contribution in [0.15, 0.2) is 41.3 Å². The van der Waals surface area contributed by atoms with Gasteiger partial charge in [-0.3, -0.25) is 18.9 Å². The van der Waals surface area contributed by atoms with Crippen molar-refractivity contribution in [1.29, 1.82) is 0 Å². The smallest absolute Gasteiger partial charge is 0.337 e. The molecule has 6 N–H and O–H groups in total. The number of hydrogen-bond acceptors (Lipinski definition) is 14. The number of aromatic carboxylic acids is 1. The van der Waals surface area contributed by atoms with Crippen LogP contribution in [0.4, 0.5) is 0 Å². The number of carbonyl (C=O) groups excluding carboxylic acids is 4. The van der Waals surface area contributed by atoms with Crippen LogP contribution < -0.4 is 25.4 Å². The fourth-order valence-electron chi connectivity index (χ4n) is 5.53. The van der Waals surface area contributed by atoms with E-state index in [0.29, 0.717) is 18.8 Å². The minimum atomic E-state index is -4.79. The first-order valence-electron chi connectivity index (χ1n) is 20.6. The number of carbonyl (C=O) groups is 6. The maximum Gasteiger partial charge on any atom is 0.337 e. The van der Waals surface area contributed by atoms with Gasteiger partial charge in [0.05, 0.1) is 56.8 Å². The Morgan fingerprint density at radius 3 is 1.80 bits per heavy atom. The molecule has 1 atom stereocenters. The highest BCUT2D eigenvalue weighted by molar-refractivity contribution is 7.86. The van der Waals surface area contributed by atoms with Gasteiger partial charge < -0.3 is 54.6 Å². The highest BCUT2D eigenvalue weighted by Gasteiger charge is 2.24. The van der Waals surface area contributed by atoms with Crippen LogP contribution in [0.5, 0.6) is 11.5 Å². The summed E-state index contributed by atoms with van der Waals surface area (Å²) in [4.78, 5) is 70.3. The van der Waals surface area contributed by atoms with Gasteiger partial charge in [0, 0.05) is 31.0 Å². The third-order valence-corrected chi connectivity index (χ3v) is 10.1. The topological polar surface area (TPSA) is 289 Å². The third-order valence-electron chi connectivity index (χ3n) is 8.76. The Bertz CT molecular complexity index is 1890. The molecule has 2 aromatic carbocycles. The molecule has 0 aromatic heterocycles. The monoisotopic (exact) mass is 965 g/mol. The van der Waals surface area contributed by atoms with Crippen LogP contribution in [0, 0.1) is 0 Å². The lowest BCUT2D eigenvalue weighted by Gasteiger charge is -2.14. The van der Waals surface area contributed by atoms with Crippen LogP contribution in [-0.2, 0) is 53.0 Å². The average Bonchev–Trinajstić information content (AvgIpc) is 3.23. The van der Waals surface area contributed by atoms with Crippen LogP contribution in [0.1, 0.15) is 81.0 Å². The van der Waals surface area contributed by atoms with Gasteiger partial charge in [0.15, 0.2) is 5.75 Å². The molecular formula is C41H57Cl2N3O17S. The predicted octanol–water partition coefficient (Wildman–Crippen LogP) is 4.08. The summed E-state index contributed by atoms with van der Waals surface area (Å²) in [6.45, 7) is 0.603. The number of carboxylic acid groups (broad SMARTS) is 2. The number of hydrogen-bond donors (Lipinski definition) is 6. The zero-order chi connectivity index (χ0) is 47.2. The molecule has 0 saturated heterocycles. The van der Waals surface area contributed by atoms with E-state index in [2.05, 4.69) is 16.0 Å². The van der Waals surface area contributed by atoms with Gasteiger partial charge in [-0.05, 0) is 55.7 Å². The summed E-state index contributed by atoms with van der Waals surface area (Å²) in [6.07, 6.45) is 7.49. The van der Waals surface area contributed by atoms with E-state index in [1.807, 2.05) is 0 Å². The van der Waals surface area contributed by atoms with Gasteiger partial charge in [0.1, 0.15) is 29.9 Å². The molecule has 0 fully saturated rings. The van der Waals surface area contributed by atoms with Crippen LogP contribution in [0.3, 0.4) is 0 Å². The maximum absolute atomic E-state index is 12.3. The third kappa shape index (κ3) is 25.6. The Morgan fingerprint density at radius 2 is 1.20 bits per heavy atom. The molecule has 64 heavy (non-hydrogen) atoms. The molecule has 0 unspecified atom stereocenters. The molecule has 0 spiro atoms. The fraction of sp³-hybridized carbons (Fsp3) is 0.561. The number of nitrogens with one attached hydrogen (secondary N) is 3. The Labute approximate surface area is 381 Å². The molecule has 358 valence electrons. The van der Waals surface area contributed by atoms with E-state index in [0.717, 1.165) is 57.1 Å². The number of esters is 1. The fourth-order valence-corrected chi connectivity index (χ4v) is 6.84. The Balaban J connectivity index is 1.38. The molecule has 2 aromatic rings. The van der Waals surface area contributed by atoms with E-state index in [1.54, 1.807) is 12.1 Å². The molecule has 0 aliphatic heterocycles. The van der Waals surface area contributed by atoms with E-state index >= 15 is 0 Å². The number of unbranched alkanes of at least 4 members (excludes halogenated alkanes) is 7. The van der Waals surface area contributed by atoms with E-state index in [-0.39, 0.29) is 100 Å². The van der Waals surface area contributed by atoms with Gasteiger partial charge in [-0.1, -0.05) is 61.7 Å². The molecule has 0 aliphatic carbocycles. The Kier molecular flexibility index (Phi) is 27.9. The molecule has 0 heterocycles. The lowest BCUT2D eigenvalue weighted by atomic mass is 10.1. The maximum atomic E-state index is 12.3.